The van der Waals surface area contributed by atoms with E-state index >= 15 is 0 Å². The highest BCUT2D eigenvalue weighted by Crippen LogP contribution is 2.38. The summed E-state index contributed by atoms with van der Waals surface area (Å²) in [5.41, 5.74) is 1.84. The fourth-order valence-electron chi connectivity index (χ4n) is 2.98. The molecule has 1 aromatic heterocycles. The second-order valence-corrected chi connectivity index (χ2v) is 6.62. The lowest BCUT2D eigenvalue weighted by Gasteiger charge is -2.22. The summed E-state index contributed by atoms with van der Waals surface area (Å²) < 4.78 is 0. The highest BCUT2D eigenvalue weighted by molar-refractivity contribution is 6.35. The van der Waals surface area contributed by atoms with E-state index in [0.29, 0.717) is 27.9 Å². The molecule has 0 spiro atoms. The Hall–Kier alpha value is -2.59. The Morgan fingerprint density at radius 2 is 2.00 bits per heavy atom. The highest BCUT2D eigenvalue weighted by atomic mass is 35.5. The maximum atomic E-state index is 12.4. The van der Waals surface area contributed by atoms with Crippen LogP contribution in [0.25, 0.3) is 10.9 Å². The second-order valence-electron chi connectivity index (χ2n) is 6.21. The van der Waals surface area contributed by atoms with Crippen LogP contribution in [0.5, 0.6) is 5.75 Å². The molecule has 26 heavy (non-hydrogen) atoms. The molecule has 0 radical (unpaired) electrons. The van der Waals surface area contributed by atoms with Gasteiger partial charge in [0.1, 0.15) is 11.3 Å². The number of phenolic OH excluding ortho intramolecular Hbond substituents is 1. The summed E-state index contributed by atoms with van der Waals surface area (Å²) in [6.45, 7) is 2.04. The molecule has 0 bridgehead atoms. The summed E-state index contributed by atoms with van der Waals surface area (Å²) in [7, 11) is 0. The Morgan fingerprint density at radius 1 is 1.23 bits per heavy atom. The molecule has 1 atom stereocenters. The minimum absolute atomic E-state index is 0.0367. The van der Waals surface area contributed by atoms with Gasteiger partial charge >= 0.3 is 0 Å². The van der Waals surface area contributed by atoms with E-state index in [2.05, 4.69) is 10.3 Å². The van der Waals surface area contributed by atoms with E-state index < -0.39 is 6.04 Å². The van der Waals surface area contributed by atoms with Gasteiger partial charge in [0, 0.05) is 23.6 Å². The molecule has 4 nitrogen and oxygen atoms in total. The Labute approximate surface area is 157 Å². The van der Waals surface area contributed by atoms with Crippen molar-refractivity contribution in [3.8, 4) is 5.75 Å². The van der Waals surface area contributed by atoms with Gasteiger partial charge in [-0.05, 0) is 30.2 Å². The van der Waals surface area contributed by atoms with Crippen LogP contribution >= 0.6 is 11.6 Å². The van der Waals surface area contributed by atoms with E-state index in [1.165, 1.54) is 0 Å². The van der Waals surface area contributed by atoms with Crippen LogP contribution in [0.3, 0.4) is 0 Å². The van der Waals surface area contributed by atoms with Gasteiger partial charge < -0.3 is 10.4 Å². The van der Waals surface area contributed by atoms with Crippen LogP contribution < -0.4 is 5.32 Å². The van der Waals surface area contributed by atoms with Crippen LogP contribution in [0, 0.1) is 0 Å². The Bertz CT molecular complexity index is 913. The average molecular weight is 369 g/mol. The zero-order chi connectivity index (χ0) is 18.5. The van der Waals surface area contributed by atoms with Gasteiger partial charge in [-0.3, -0.25) is 9.78 Å². The van der Waals surface area contributed by atoms with Gasteiger partial charge in [0.05, 0.1) is 11.1 Å². The summed E-state index contributed by atoms with van der Waals surface area (Å²) in [4.78, 5) is 16.6. The van der Waals surface area contributed by atoms with Crippen LogP contribution in [0.15, 0.2) is 54.7 Å². The zero-order valence-corrected chi connectivity index (χ0v) is 15.3. The number of hydrogen-bond donors (Lipinski definition) is 2. The predicted octanol–water partition coefficient (Wildman–Crippen LogP) is 4.99. The van der Waals surface area contributed by atoms with E-state index in [9.17, 15) is 9.90 Å². The minimum Gasteiger partial charge on any atom is -0.505 e. The molecule has 2 aromatic carbocycles. The van der Waals surface area contributed by atoms with Crippen molar-refractivity contribution in [1.82, 2.24) is 10.3 Å². The van der Waals surface area contributed by atoms with Gasteiger partial charge in [0.2, 0.25) is 5.91 Å². The average Bonchev–Trinajstić information content (AvgIpc) is 2.68. The second kappa shape index (κ2) is 8.19. The first kappa shape index (κ1) is 18.2. The van der Waals surface area contributed by atoms with Crippen molar-refractivity contribution in [2.24, 2.45) is 0 Å². The number of carbonyl (C=O) groups excluding carboxylic acids is 1. The molecule has 0 fully saturated rings. The van der Waals surface area contributed by atoms with E-state index in [4.69, 9.17) is 11.6 Å². The molecule has 0 aliphatic heterocycles. The lowest BCUT2D eigenvalue weighted by molar-refractivity contribution is -0.121. The monoisotopic (exact) mass is 368 g/mol. The van der Waals surface area contributed by atoms with Crippen LogP contribution in [-0.2, 0) is 4.79 Å². The van der Waals surface area contributed by atoms with E-state index in [1.54, 1.807) is 18.3 Å². The first-order valence-corrected chi connectivity index (χ1v) is 9.10. The van der Waals surface area contributed by atoms with Crippen molar-refractivity contribution in [3.63, 3.8) is 0 Å². The fourth-order valence-corrected chi connectivity index (χ4v) is 3.25. The van der Waals surface area contributed by atoms with E-state index in [-0.39, 0.29) is 11.7 Å². The third-order valence-electron chi connectivity index (χ3n) is 4.35. The topological polar surface area (TPSA) is 62.2 Å². The van der Waals surface area contributed by atoms with Gasteiger partial charge in [-0.1, -0.05) is 55.3 Å². The lowest BCUT2D eigenvalue weighted by atomic mass is 9.96. The van der Waals surface area contributed by atoms with Crippen LogP contribution in [-0.4, -0.2) is 16.0 Å². The largest absolute Gasteiger partial charge is 0.505 e. The number of unbranched alkanes of at least 4 members (excludes halogenated alkanes) is 1. The fraction of sp³-hybridized carbons (Fsp3) is 0.238. The Balaban J connectivity index is 2.08. The van der Waals surface area contributed by atoms with E-state index in [1.807, 2.05) is 43.3 Å². The molecule has 5 heteroatoms. The summed E-state index contributed by atoms with van der Waals surface area (Å²) in [5.74, 6) is -0.0213. The van der Waals surface area contributed by atoms with Crippen LogP contribution in [0.4, 0.5) is 0 Å². The maximum absolute atomic E-state index is 12.4. The SMILES string of the molecule is CCCCC(=O)N[C@@H](c1ccccc1)c1cc(Cl)c2cccnc2c1O. The summed E-state index contributed by atoms with van der Waals surface area (Å²) >= 11 is 6.42. The number of benzene rings is 2. The molecule has 0 saturated carbocycles. The van der Waals surface area contributed by atoms with Crippen molar-refractivity contribution in [3.05, 3.63) is 70.9 Å². The quantitative estimate of drug-likeness (QED) is 0.644. The zero-order valence-electron chi connectivity index (χ0n) is 14.6. The van der Waals surface area contributed by atoms with Gasteiger partial charge in [-0.2, -0.15) is 0 Å². The molecule has 0 aliphatic rings. The van der Waals surface area contributed by atoms with Gasteiger partial charge in [-0.15, -0.1) is 0 Å². The number of pyridine rings is 1. The standard InChI is InChI=1S/C21H21ClN2O2/c1-2-3-11-18(25)24-19(14-8-5-4-6-9-14)16-13-17(22)15-10-7-12-23-20(15)21(16)26/h4-10,12-13,19,26H,2-3,11H2,1H3,(H,24,25)/t19-/m0/s1. The minimum atomic E-state index is -0.496. The number of nitrogens with zero attached hydrogens (tertiary/aromatic N) is 1. The lowest BCUT2D eigenvalue weighted by Crippen LogP contribution is -2.29. The van der Waals surface area contributed by atoms with E-state index in [0.717, 1.165) is 18.4 Å². The molecule has 1 heterocycles. The molecule has 2 N–H and O–H groups in total. The predicted molar refractivity (Wildman–Crippen MR) is 104 cm³/mol. The molecule has 0 aliphatic carbocycles. The van der Waals surface area contributed by atoms with Gasteiger partial charge in [0.25, 0.3) is 0 Å². The third-order valence-corrected chi connectivity index (χ3v) is 4.66. The number of hydrogen-bond acceptors (Lipinski definition) is 3. The molecule has 0 unspecified atom stereocenters. The summed E-state index contributed by atoms with van der Waals surface area (Å²) in [6.07, 6.45) is 3.82. The van der Waals surface area contributed by atoms with Crippen molar-refractivity contribution in [1.29, 1.82) is 0 Å². The van der Waals surface area contributed by atoms with Gasteiger partial charge in [-0.25, -0.2) is 0 Å². The number of aromatic nitrogens is 1. The molecule has 1 amide bonds. The first-order valence-electron chi connectivity index (χ1n) is 8.72. The molecule has 3 rings (SSSR count). The molecular formula is C21H21ClN2O2. The number of carbonyl (C=O) groups is 1. The maximum Gasteiger partial charge on any atom is 0.220 e. The molecule has 3 aromatic rings. The number of halogens is 1. The highest BCUT2D eigenvalue weighted by Gasteiger charge is 2.23. The normalized spacial score (nSPS) is 12.1. The summed E-state index contributed by atoms with van der Waals surface area (Å²) in [5, 5.41) is 15.0. The molecule has 134 valence electrons. The molecule has 0 saturated heterocycles. The van der Waals surface area contributed by atoms with Crippen LogP contribution in [0.2, 0.25) is 5.02 Å². The Morgan fingerprint density at radius 3 is 2.73 bits per heavy atom. The third kappa shape index (κ3) is 3.81. The van der Waals surface area contributed by atoms with Gasteiger partial charge in [0.15, 0.2) is 0 Å². The van der Waals surface area contributed by atoms with Crippen molar-refractivity contribution in [2.75, 3.05) is 0 Å². The van der Waals surface area contributed by atoms with Crippen molar-refractivity contribution >= 4 is 28.4 Å². The first-order chi connectivity index (χ1) is 12.6. The number of rotatable bonds is 6. The molecular weight excluding hydrogens is 348 g/mol. The number of fused-ring (bicyclic) bond motifs is 1. The van der Waals surface area contributed by atoms with Crippen molar-refractivity contribution in [2.45, 2.75) is 32.2 Å². The van der Waals surface area contributed by atoms with Crippen LogP contribution in [0.1, 0.15) is 43.4 Å². The summed E-state index contributed by atoms with van der Waals surface area (Å²) in [6, 6.07) is 14.3. The number of phenols is 1. The smallest absolute Gasteiger partial charge is 0.220 e. The van der Waals surface area contributed by atoms with Crippen molar-refractivity contribution < 1.29 is 9.90 Å². The number of amides is 1. The Kier molecular flexibility index (Phi) is 5.74. The number of aromatic hydroxyl groups is 1. The number of nitrogens with one attached hydrogen (secondary N) is 1.